The molecule has 28 heavy (non-hydrogen) atoms. The van der Waals surface area contributed by atoms with Crippen molar-refractivity contribution in [3.05, 3.63) is 53.0 Å². The zero-order valence-electron chi connectivity index (χ0n) is 16.8. The van der Waals surface area contributed by atoms with E-state index >= 15 is 0 Å². The minimum atomic E-state index is -0.446. The molecule has 0 bridgehead atoms. The number of rotatable bonds is 4. The molecule has 2 aromatic carbocycles. The molecule has 1 fully saturated rings. The molecular formula is C23H28BrNO3. The SMILES string of the molecule is CC(C)(C)OC(=O)N1CCC(COc2ccc(-c3ccccc3Br)cc2)CC1. The standard InChI is InChI=1S/C23H28BrNO3/c1-23(2,3)28-22(26)25-14-12-17(13-15-25)16-27-19-10-8-18(9-11-19)20-6-4-5-7-21(20)24/h4-11,17H,12-16H2,1-3H3. The van der Waals surface area contributed by atoms with Crippen LogP contribution in [0.1, 0.15) is 33.6 Å². The summed E-state index contributed by atoms with van der Waals surface area (Å²) in [6, 6.07) is 16.4. The third-order valence-corrected chi connectivity index (χ3v) is 5.48. The van der Waals surface area contributed by atoms with Crippen molar-refractivity contribution in [1.82, 2.24) is 4.90 Å². The Bertz CT molecular complexity index is 790. The summed E-state index contributed by atoms with van der Waals surface area (Å²) in [6.07, 6.45) is 1.66. The fourth-order valence-corrected chi connectivity index (χ4v) is 3.76. The van der Waals surface area contributed by atoms with Crippen molar-refractivity contribution in [2.45, 2.75) is 39.2 Å². The van der Waals surface area contributed by atoms with E-state index in [4.69, 9.17) is 9.47 Å². The second-order valence-corrected chi connectivity index (χ2v) is 9.08. The first kappa shape index (κ1) is 20.7. The van der Waals surface area contributed by atoms with Crippen molar-refractivity contribution >= 4 is 22.0 Å². The molecule has 1 amide bonds. The van der Waals surface area contributed by atoms with Gasteiger partial charge in [0.1, 0.15) is 11.4 Å². The quantitative estimate of drug-likeness (QED) is 0.566. The average molecular weight is 446 g/mol. The predicted octanol–water partition coefficient (Wildman–Crippen LogP) is 6.14. The zero-order valence-corrected chi connectivity index (χ0v) is 18.4. The Hall–Kier alpha value is -2.01. The van der Waals surface area contributed by atoms with Crippen LogP contribution in [0, 0.1) is 5.92 Å². The first-order chi connectivity index (χ1) is 13.3. The van der Waals surface area contributed by atoms with Crippen molar-refractivity contribution in [2.24, 2.45) is 5.92 Å². The van der Waals surface area contributed by atoms with Gasteiger partial charge in [-0.25, -0.2) is 4.79 Å². The average Bonchev–Trinajstić information content (AvgIpc) is 2.66. The molecule has 1 heterocycles. The van der Waals surface area contributed by atoms with E-state index in [0.29, 0.717) is 12.5 Å². The number of carbonyl (C=O) groups excluding carboxylic acids is 1. The van der Waals surface area contributed by atoms with Crippen LogP contribution in [0.4, 0.5) is 4.79 Å². The number of hydrogen-bond acceptors (Lipinski definition) is 3. The number of halogens is 1. The minimum Gasteiger partial charge on any atom is -0.493 e. The third-order valence-electron chi connectivity index (χ3n) is 4.79. The summed E-state index contributed by atoms with van der Waals surface area (Å²) < 4.78 is 12.5. The summed E-state index contributed by atoms with van der Waals surface area (Å²) in [7, 11) is 0. The summed E-state index contributed by atoms with van der Waals surface area (Å²) in [4.78, 5) is 13.9. The molecule has 0 aromatic heterocycles. The van der Waals surface area contributed by atoms with E-state index in [1.807, 2.05) is 51.1 Å². The van der Waals surface area contributed by atoms with Gasteiger partial charge in [-0.05, 0) is 68.9 Å². The number of amides is 1. The molecular weight excluding hydrogens is 418 g/mol. The lowest BCUT2D eigenvalue weighted by Gasteiger charge is -2.33. The topological polar surface area (TPSA) is 38.8 Å². The normalized spacial score (nSPS) is 15.4. The molecule has 150 valence electrons. The van der Waals surface area contributed by atoms with Crippen LogP contribution in [0.3, 0.4) is 0 Å². The maximum absolute atomic E-state index is 12.1. The Morgan fingerprint density at radius 3 is 2.32 bits per heavy atom. The summed E-state index contributed by atoms with van der Waals surface area (Å²) in [5.74, 6) is 1.34. The lowest BCUT2D eigenvalue weighted by atomic mass is 9.98. The van der Waals surface area contributed by atoms with Gasteiger partial charge in [-0.15, -0.1) is 0 Å². The number of nitrogens with zero attached hydrogens (tertiary/aromatic N) is 1. The first-order valence-electron chi connectivity index (χ1n) is 9.77. The van der Waals surface area contributed by atoms with Crippen molar-refractivity contribution in [2.75, 3.05) is 19.7 Å². The second-order valence-electron chi connectivity index (χ2n) is 8.23. The number of piperidine rings is 1. The molecule has 2 aromatic rings. The van der Waals surface area contributed by atoms with Crippen LogP contribution in [0.15, 0.2) is 53.0 Å². The fraction of sp³-hybridized carbons (Fsp3) is 0.435. The molecule has 5 heteroatoms. The Balaban J connectivity index is 1.47. The van der Waals surface area contributed by atoms with E-state index in [9.17, 15) is 4.79 Å². The molecule has 0 spiro atoms. The molecule has 0 radical (unpaired) electrons. The molecule has 0 N–H and O–H groups in total. The number of carbonyl (C=O) groups is 1. The van der Waals surface area contributed by atoms with Crippen LogP contribution in [0.5, 0.6) is 5.75 Å². The monoisotopic (exact) mass is 445 g/mol. The highest BCUT2D eigenvalue weighted by Gasteiger charge is 2.27. The van der Waals surface area contributed by atoms with E-state index in [1.54, 1.807) is 4.90 Å². The Labute approximate surface area is 176 Å². The number of likely N-dealkylation sites (tertiary alicyclic amines) is 1. The highest BCUT2D eigenvalue weighted by molar-refractivity contribution is 9.10. The van der Waals surface area contributed by atoms with E-state index in [1.165, 1.54) is 5.56 Å². The van der Waals surface area contributed by atoms with Gasteiger partial charge in [0.25, 0.3) is 0 Å². The van der Waals surface area contributed by atoms with Gasteiger partial charge in [-0.3, -0.25) is 0 Å². The lowest BCUT2D eigenvalue weighted by Crippen LogP contribution is -2.42. The highest BCUT2D eigenvalue weighted by atomic mass is 79.9. The van der Waals surface area contributed by atoms with Crippen molar-refractivity contribution in [1.29, 1.82) is 0 Å². The van der Waals surface area contributed by atoms with Crippen LogP contribution in [0.2, 0.25) is 0 Å². The summed E-state index contributed by atoms with van der Waals surface area (Å²) in [5.41, 5.74) is 1.88. The fourth-order valence-electron chi connectivity index (χ4n) is 3.25. The number of ether oxygens (including phenoxy) is 2. The van der Waals surface area contributed by atoms with E-state index < -0.39 is 5.60 Å². The summed E-state index contributed by atoms with van der Waals surface area (Å²) >= 11 is 3.60. The van der Waals surface area contributed by atoms with Crippen LogP contribution in [-0.2, 0) is 4.74 Å². The van der Waals surface area contributed by atoms with Gasteiger partial charge in [0.2, 0.25) is 0 Å². The molecule has 1 aliphatic heterocycles. The maximum Gasteiger partial charge on any atom is 0.410 e. The second kappa shape index (κ2) is 8.99. The predicted molar refractivity (Wildman–Crippen MR) is 116 cm³/mol. The summed E-state index contributed by atoms with van der Waals surface area (Å²) in [6.45, 7) is 7.82. The highest BCUT2D eigenvalue weighted by Crippen LogP contribution is 2.29. The van der Waals surface area contributed by atoms with Gasteiger partial charge in [0, 0.05) is 17.6 Å². The van der Waals surface area contributed by atoms with Gasteiger partial charge in [0.15, 0.2) is 0 Å². The molecule has 0 atom stereocenters. The van der Waals surface area contributed by atoms with E-state index in [-0.39, 0.29) is 6.09 Å². The van der Waals surface area contributed by atoms with E-state index in [2.05, 4.69) is 34.1 Å². The Morgan fingerprint density at radius 2 is 1.71 bits per heavy atom. The molecule has 3 rings (SSSR count). The van der Waals surface area contributed by atoms with Crippen molar-refractivity contribution < 1.29 is 14.3 Å². The van der Waals surface area contributed by atoms with Crippen LogP contribution in [0.25, 0.3) is 11.1 Å². The smallest absolute Gasteiger partial charge is 0.410 e. The van der Waals surface area contributed by atoms with Crippen LogP contribution < -0.4 is 4.74 Å². The minimum absolute atomic E-state index is 0.213. The molecule has 1 aliphatic rings. The Kier molecular flexibility index (Phi) is 6.65. The Morgan fingerprint density at radius 1 is 1.07 bits per heavy atom. The molecule has 0 unspecified atom stereocenters. The lowest BCUT2D eigenvalue weighted by molar-refractivity contribution is 0.0165. The number of benzene rings is 2. The number of hydrogen-bond donors (Lipinski definition) is 0. The molecule has 0 aliphatic carbocycles. The molecule has 0 saturated carbocycles. The van der Waals surface area contributed by atoms with Crippen molar-refractivity contribution in [3.63, 3.8) is 0 Å². The third kappa shape index (κ3) is 5.74. The zero-order chi connectivity index (χ0) is 20.1. The van der Waals surface area contributed by atoms with Gasteiger partial charge in [-0.1, -0.05) is 46.3 Å². The van der Waals surface area contributed by atoms with Gasteiger partial charge in [0.05, 0.1) is 6.61 Å². The molecule has 1 saturated heterocycles. The van der Waals surface area contributed by atoms with Crippen LogP contribution >= 0.6 is 15.9 Å². The van der Waals surface area contributed by atoms with Gasteiger partial charge in [-0.2, -0.15) is 0 Å². The maximum atomic E-state index is 12.1. The largest absolute Gasteiger partial charge is 0.493 e. The summed E-state index contributed by atoms with van der Waals surface area (Å²) in [5, 5.41) is 0. The first-order valence-corrected chi connectivity index (χ1v) is 10.6. The van der Waals surface area contributed by atoms with E-state index in [0.717, 1.165) is 41.7 Å². The molecule has 4 nitrogen and oxygen atoms in total. The van der Waals surface area contributed by atoms with Gasteiger partial charge >= 0.3 is 6.09 Å². The van der Waals surface area contributed by atoms with Crippen LogP contribution in [-0.4, -0.2) is 36.3 Å². The van der Waals surface area contributed by atoms with Gasteiger partial charge < -0.3 is 14.4 Å². The van der Waals surface area contributed by atoms with Crippen molar-refractivity contribution in [3.8, 4) is 16.9 Å².